The van der Waals surface area contributed by atoms with Gasteiger partial charge in [0.05, 0.1) is 13.2 Å². The van der Waals surface area contributed by atoms with E-state index in [0.717, 1.165) is 5.69 Å². The van der Waals surface area contributed by atoms with Gasteiger partial charge < -0.3 is 4.74 Å². The van der Waals surface area contributed by atoms with Crippen LogP contribution >= 0.6 is 0 Å². The lowest BCUT2D eigenvalue weighted by Crippen LogP contribution is -2.20. The molecule has 0 aliphatic carbocycles. The van der Waals surface area contributed by atoms with Crippen LogP contribution in [0.3, 0.4) is 0 Å². The Morgan fingerprint density at radius 1 is 1.43 bits per heavy atom. The lowest BCUT2D eigenvalue weighted by Gasteiger charge is -2.02. The van der Waals surface area contributed by atoms with E-state index in [1.54, 1.807) is 30.1 Å². The number of hydrogen-bond acceptors (Lipinski definition) is 4. The van der Waals surface area contributed by atoms with Gasteiger partial charge in [0, 0.05) is 31.1 Å². The molecule has 2 aromatic rings. The van der Waals surface area contributed by atoms with E-state index in [1.165, 1.54) is 0 Å². The van der Waals surface area contributed by atoms with E-state index in [2.05, 4.69) is 25.9 Å². The summed E-state index contributed by atoms with van der Waals surface area (Å²) in [4.78, 5) is 11.8. The second kappa shape index (κ2) is 6.89. The summed E-state index contributed by atoms with van der Waals surface area (Å²) in [6, 6.07) is 3.15. The average Bonchev–Trinajstić information content (AvgIpc) is 3.06. The first kappa shape index (κ1) is 15.0. The van der Waals surface area contributed by atoms with E-state index in [1.807, 2.05) is 13.8 Å². The van der Waals surface area contributed by atoms with Gasteiger partial charge in [-0.15, -0.1) is 0 Å². The van der Waals surface area contributed by atoms with Gasteiger partial charge >= 0.3 is 6.03 Å². The molecule has 114 valence electrons. The van der Waals surface area contributed by atoms with Crippen LogP contribution in [-0.2, 0) is 11.3 Å². The van der Waals surface area contributed by atoms with Crippen molar-refractivity contribution < 1.29 is 9.53 Å². The fraction of sp³-hybridized carbons (Fsp3) is 0.462. The number of nitrogens with zero attached hydrogens (tertiary/aromatic N) is 3. The molecule has 0 saturated heterocycles. The monoisotopic (exact) mass is 292 g/mol. The summed E-state index contributed by atoms with van der Waals surface area (Å²) in [7, 11) is 1.63. The Bertz CT molecular complexity index is 589. The molecule has 0 saturated carbocycles. The van der Waals surface area contributed by atoms with Crippen molar-refractivity contribution in [3.8, 4) is 0 Å². The summed E-state index contributed by atoms with van der Waals surface area (Å²) in [6.07, 6.45) is 1.78. The third-order valence-electron chi connectivity index (χ3n) is 2.87. The molecule has 2 aromatic heterocycles. The van der Waals surface area contributed by atoms with Gasteiger partial charge in [-0.05, 0) is 5.92 Å². The number of ether oxygens (including phenoxy) is 1. The quantitative estimate of drug-likeness (QED) is 0.758. The van der Waals surface area contributed by atoms with Crippen LogP contribution in [0.15, 0.2) is 18.3 Å². The maximum absolute atomic E-state index is 11.8. The summed E-state index contributed by atoms with van der Waals surface area (Å²) in [5, 5.41) is 16.4. The molecule has 8 nitrogen and oxygen atoms in total. The van der Waals surface area contributed by atoms with Crippen LogP contribution in [0.5, 0.6) is 0 Å². The van der Waals surface area contributed by atoms with E-state index in [0.29, 0.717) is 30.7 Å². The van der Waals surface area contributed by atoms with E-state index in [4.69, 9.17) is 4.74 Å². The number of H-pyrrole nitrogens is 1. The Morgan fingerprint density at radius 2 is 2.19 bits per heavy atom. The molecule has 0 aliphatic rings. The number of urea groups is 1. The Balaban J connectivity index is 1.87. The molecule has 21 heavy (non-hydrogen) atoms. The highest BCUT2D eigenvalue weighted by Gasteiger charge is 2.09. The summed E-state index contributed by atoms with van der Waals surface area (Å²) >= 11 is 0. The van der Waals surface area contributed by atoms with Crippen LogP contribution in [0.1, 0.15) is 25.5 Å². The lowest BCUT2D eigenvalue weighted by atomic mass is 10.1. The van der Waals surface area contributed by atoms with Gasteiger partial charge in [-0.2, -0.15) is 10.2 Å². The zero-order valence-corrected chi connectivity index (χ0v) is 12.4. The van der Waals surface area contributed by atoms with Gasteiger partial charge in [0.15, 0.2) is 11.6 Å². The zero-order valence-electron chi connectivity index (χ0n) is 12.4. The lowest BCUT2D eigenvalue weighted by molar-refractivity contribution is 0.183. The number of carbonyl (C=O) groups excluding carboxylic acids is 1. The van der Waals surface area contributed by atoms with Crippen LogP contribution in [0.4, 0.5) is 16.4 Å². The summed E-state index contributed by atoms with van der Waals surface area (Å²) in [6.45, 7) is 5.30. The van der Waals surface area contributed by atoms with Crippen LogP contribution in [0.25, 0.3) is 0 Å². The minimum atomic E-state index is -0.381. The minimum absolute atomic E-state index is 0.326. The largest absolute Gasteiger partial charge is 0.383 e. The molecule has 2 amide bonds. The Hall–Kier alpha value is -2.35. The van der Waals surface area contributed by atoms with Crippen molar-refractivity contribution in [2.24, 2.45) is 0 Å². The van der Waals surface area contributed by atoms with E-state index >= 15 is 0 Å². The molecule has 0 spiro atoms. The molecule has 0 atom stereocenters. The predicted molar refractivity (Wildman–Crippen MR) is 79.4 cm³/mol. The van der Waals surface area contributed by atoms with Gasteiger partial charge in [0.2, 0.25) is 0 Å². The number of amides is 2. The van der Waals surface area contributed by atoms with E-state index in [-0.39, 0.29) is 6.03 Å². The van der Waals surface area contributed by atoms with Crippen molar-refractivity contribution in [1.29, 1.82) is 0 Å². The van der Waals surface area contributed by atoms with E-state index < -0.39 is 0 Å². The van der Waals surface area contributed by atoms with Crippen molar-refractivity contribution in [1.82, 2.24) is 20.0 Å². The molecule has 0 bridgehead atoms. The minimum Gasteiger partial charge on any atom is -0.383 e. The van der Waals surface area contributed by atoms with Crippen molar-refractivity contribution >= 4 is 17.7 Å². The molecule has 2 heterocycles. The normalized spacial score (nSPS) is 10.9. The highest BCUT2D eigenvalue weighted by atomic mass is 16.5. The van der Waals surface area contributed by atoms with Crippen LogP contribution < -0.4 is 10.6 Å². The predicted octanol–water partition coefficient (Wildman–Crippen LogP) is 2.02. The molecule has 8 heteroatoms. The SMILES string of the molecule is COCCn1ccc(NC(=O)Nc2cc(C(C)C)[nH]n2)n1. The fourth-order valence-electron chi connectivity index (χ4n) is 1.70. The number of hydrogen-bond donors (Lipinski definition) is 3. The third-order valence-corrected chi connectivity index (χ3v) is 2.87. The van der Waals surface area contributed by atoms with E-state index in [9.17, 15) is 4.79 Å². The number of aromatic amines is 1. The molecular formula is C13H20N6O2. The summed E-state index contributed by atoms with van der Waals surface area (Å²) in [5.74, 6) is 1.28. The molecule has 2 rings (SSSR count). The van der Waals surface area contributed by atoms with Gasteiger partial charge in [-0.25, -0.2) is 4.79 Å². The first-order valence-corrected chi connectivity index (χ1v) is 6.74. The number of methoxy groups -OCH3 is 1. The third kappa shape index (κ3) is 4.32. The number of aromatic nitrogens is 4. The number of nitrogens with one attached hydrogen (secondary N) is 3. The highest BCUT2D eigenvalue weighted by molar-refractivity contribution is 5.98. The molecular weight excluding hydrogens is 272 g/mol. The molecule has 0 unspecified atom stereocenters. The van der Waals surface area contributed by atoms with Crippen molar-refractivity contribution in [3.05, 3.63) is 24.0 Å². The first-order chi connectivity index (χ1) is 10.1. The maximum atomic E-state index is 11.8. The smallest absolute Gasteiger partial charge is 0.326 e. The van der Waals surface area contributed by atoms with Crippen molar-refractivity contribution in [2.45, 2.75) is 26.3 Å². The van der Waals surface area contributed by atoms with Crippen LogP contribution in [-0.4, -0.2) is 39.7 Å². The molecule has 0 aromatic carbocycles. The maximum Gasteiger partial charge on any atom is 0.326 e. The molecule has 0 fully saturated rings. The standard InChI is InChI=1S/C13H20N6O2/c1-9(2)10-8-12(17-16-10)15-13(20)14-11-4-5-19(18-11)6-7-21-3/h4-5,8-9H,6-7H2,1-3H3,(H3,14,15,16,17,18,20). The second-order valence-corrected chi connectivity index (χ2v) is 4.90. The number of anilines is 2. The molecule has 3 N–H and O–H groups in total. The van der Waals surface area contributed by atoms with Gasteiger partial charge in [-0.1, -0.05) is 13.8 Å². The Morgan fingerprint density at radius 3 is 2.86 bits per heavy atom. The Kier molecular flexibility index (Phi) is 4.94. The van der Waals surface area contributed by atoms with Gasteiger partial charge in [-0.3, -0.25) is 20.4 Å². The fourth-order valence-corrected chi connectivity index (χ4v) is 1.70. The summed E-state index contributed by atoms with van der Waals surface area (Å²) in [5.41, 5.74) is 0.967. The van der Waals surface area contributed by atoms with Gasteiger partial charge in [0.1, 0.15) is 0 Å². The second-order valence-electron chi connectivity index (χ2n) is 4.90. The number of rotatable bonds is 6. The number of carbonyl (C=O) groups is 1. The Labute approximate surface area is 122 Å². The topological polar surface area (TPSA) is 96.9 Å². The summed E-state index contributed by atoms with van der Waals surface area (Å²) < 4.78 is 6.66. The average molecular weight is 292 g/mol. The molecule has 0 aliphatic heterocycles. The highest BCUT2D eigenvalue weighted by Crippen LogP contribution is 2.14. The van der Waals surface area contributed by atoms with Crippen molar-refractivity contribution in [3.63, 3.8) is 0 Å². The first-order valence-electron chi connectivity index (χ1n) is 6.74. The van der Waals surface area contributed by atoms with Crippen LogP contribution in [0, 0.1) is 0 Å². The van der Waals surface area contributed by atoms with Crippen LogP contribution in [0.2, 0.25) is 0 Å². The zero-order chi connectivity index (χ0) is 15.2. The molecule has 0 radical (unpaired) electrons. The van der Waals surface area contributed by atoms with Gasteiger partial charge in [0.25, 0.3) is 0 Å². The van der Waals surface area contributed by atoms with Crippen molar-refractivity contribution in [2.75, 3.05) is 24.4 Å².